The van der Waals surface area contributed by atoms with Crippen LogP contribution in [0, 0.1) is 0 Å². The highest BCUT2D eigenvalue weighted by Gasteiger charge is 2.14. The van der Waals surface area contributed by atoms with Crippen LogP contribution in [-0.4, -0.2) is 19.6 Å². The van der Waals surface area contributed by atoms with Crippen molar-refractivity contribution in [3.63, 3.8) is 0 Å². The molecule has 0 fully saturated rings. The zero-order valence-electron chi connectivity index (χ0n) is 14.3. The Balaban J connectivity index is 1.82. The lowest BCUT2D eigenvalue weighted by Gasteiger charge is -2.17. The van der Waals surface area contributed by atoms with Gasteiger partial charge in [0.2, 0.25) is 0 Å². The summed E-state index contributed by atoms with van der Waals surface area (Å²) in [5.74, 6) is 0. The summed E-state index contributed by atoms with van der Waals surface area (Å²) in [4.78, 5) is 0. The van der Waals surface area contributed by atoms with Gasteiger partial charge in [-0.3, -0.25) is 9.36 Å². The van der Waals surface area contributed by atoms with Crippen molar-refractivity contribution in [1.82, 2.24) is 19.6 Å². The molecule has 126 valence electrons. The van der Waals surface area contributed by atoms with Crippen LogP contribution in [-0.2, 0) is 13.1 Å². The molecule has 0 atom stereocenters. The van der Waals surface area contributed by atoms with Gasteiger partial charge in [-0.1, -0.05) is 48.5 Å². The summed E-state index contributed by atoms with van der Waals surface area (Å²) in [6.07, 6.45) is 7.69. The summed E-state index contributed by atoms with van der Waals surface area (Å²) >= 11 is 0. The van der Waals surface area contributed by atoms with Crippen molar-refractivity contribution in [2.24, 2.45) is 0 Å². The molecule has 2 heterocycles. The van der Waals surface area contributed by atoms with E-state index >= 15 is 0 Å². The molecule has 0 N–H and O–H groups in total. The first-order chi connectivity index (χ1) is 12.9. The second-order valence-electron chi connectivity index (χ2n) is 6.46. The topological polar surface area (TPSA) is 35.6 Å². The van der Waals surface area contributed by atoms with Gasteiger partial charge in [-0.25, -0.2) is 0 Å². The van der Waals surface area contributed by atoms with Crippen LogP contribution in [0.3, 0.4) is 0 Å². The van der Waals surface area contributed by atoms with Gasteiger partial charge in [0.1, 0.15) is 0 Å². The summed E-state index contributed by atoms with van der Waals surface area (Å²) in [6.45, 7) is 1.52. The maximum Gasteiger partial charge on any atom is 0.0671 e. The average molecular weight is 338 g/mol. The molecule has 5 rings (SSSR count). The van der Waals surface area contributed by atoms with E-state index in [1.807, 2.05) is 46.3 Å². The molecule has 0 aliphatic heterocycles. The Morgan fingerprint density at radius 1 is 0.538 bits per heavy atom. The molecule has 4 heteroatoms. The van der Waals surface area contributed by atoms with Gasteiger partial charge < -0.3 is 0 Å². The van der Waals surface area contributed by atoms with E-state index in [0.717, 1.165) is 13.1 Å². The highest BCUT2D eigenvalue weighted by Crippen LogP contribution is 2.33. The summed E-state index contributed by atoms with van der Waals surface area (Å²) in [7, 11) is 0. The van der Waals surface area contributed by atoms with Gasteiger partial charge in [0.25, 0.3) is 0 Å². The summed E-state index contributed by atoms with van der Waals surface area (Å²) in [6, 6.07) is 21.2. The maximum atomic E-state index is 4.41. The van der Waals surface area contributed by atoms with Crippen LogP contribution in [0.1, 0.15) is 11.1 Å². The van der Waals surface area contributed by atoms with E-state index < -0.39 is 0 Å². The minimum absolute atomic E-state index is 0.760. The zero-order chi connectivity index (χ0) is 17.3. The molecule has 0 saturated carbocycles. The Morgan fingerprint density at radius 3 is 1.23 bits per heavy atom. The molecule has 0 bridgehead atoms. The van der Waals surface area contributed by atoms with Crippen LogP contribution >= 0.6 is 0 Å². The van der Waals surface area contributed by atoms with E-state index in [2.05, 4.69) is 58.7 Å². The van der Waals surface area contributed by atoms with Crippen molar-refractivity contribution in [3.8, 4) is 0 Å². The molecule has 3 aromatic carbocycles. The summed E-state index contributed by atoms with van der Waals surface area (Å²) in [5.41, 5.74) is 2.62. The van der Waals surface area contributed by atoms with Gasteiger partial charge in [0.05, 0.1) is 13.1 Å². The Bertz CT molecular complexity index is 1020. The molecular formula is C22H18N4. The normalized spacial score (nSPS) is 11.4. The third kappa shape index (κ3) is 2.47. The number of nitrogens with zero attached hydrogens (tertiary/aromatic N) is 4. The van der Waals surface area contributed by atoms with Crippen molar-refractivity contribution >= 4 is 21.5 Å². The van der Waals surface area contributed by atoms with Gasteiger partial charge in [0, 0.05) is 24.8 Å². The van der Waals surface area contributed by atoms with E-state index in [-0.39, 0.29) is 0 Å². The van der Waals surface area contributed by atoms with Crippen molar-refractivity contribution in [1.29, 1.82) is 0 Å². The van der Waals surface area contributed by atoms with Crippen LogP contribution < -0.4 is 0 Å². The maximum absolute atomic E-state index is 4.41. The van der Waals surface area contributed by atoms with E-state index in [1.54, 1.807) is 0 Å². The Labute approximate surface area is 151 Å². The number of benzene rings is 3. The molecule has 5 aromatic rings. The lowest BCUT2D eigenvalue weighted by molar-refractivity contribution is 0.689. The number of fused-ring (bicyclic) bond motifs is 2. The molecule has 0 unspecified atom stereocenters. The quantitative estimate of drug-likeness (QED) is 0.453. The van der Waals surface area contributed by atoms with E-state index in [1.165, 1.54) is 32.7 Å². The average Bonchev–Trinajstić information content (AvgIpc) is 3.38. The van der Waals surface area contributed by atoms with Crippen molar-refractivity contribution < 1.29 is 0 Å². The Morgan fingerprint density at radius 2 is 0.923 bits per heavy atom. The summed E-state index contributed by atoms with van der Waals surface area (Å²) < 4.78 is 3.97. The van der Waals surface area contributed by atoms with Gasteiger partial charge in [-0.15, -0.1) is 0 Å². The predicted molar refractivity (Wildman–Crippen MR) is 104 cm³/mol. The van der Waals surface area contributed by atoms with Gasteiger partial charge in [0.15, 0.2) is 0 Å². The lowest BCUT2D eigenvalue weighted by Crippen LogP contribution is -2.06. The third-order valence-electron chi connectivity index (χ3n) is 4.91. The molecular weight excluding hydrogens is 320 g/mol. The fourth-order valence-electron chi connectivity index (χ4n) is 3.76. The van der Waals surface area contributed by atoms with Crippen molar-refractivity contribution in [2.75, 3.05) is 0 Å². The van der Waals surface area contributed by atoms with Crippen LogP contribution in [0.15, 0.2) is 85.5 Å². The van der Waals surface area contributed by atoms with E-state index in [9.17, 15) is 0 Å². The minimum atomic E-state index is 0.760. The fourth-order valence-corrected chi connectivity index (χ4v) is 3.76. The molecule has 0 radical (unpaired) electrons. The number of rotatable bonds is 4. The van der Waals surface area contributed by atoms with Crippen molar-refractivity contribution in [3.05, 3.63) is 96.6 Å². The van der Waals surface area contributed by atoms with Crippen molar-refractivity contribution in [2.45, 2.75) is 13.1 Å². The van der Waals surface area contributed by atoms with Crippen LogP contribution in [0.5, 0.6) is 0 Å². The molecule has 0 spiro atoms. The lowest BCUT2D eigenvalue weighted by atomic mass is 9.91. The van der Waals surface area contributed by atoms with Crippen LogP contribution in [0.4, 0.5) is 0 Å². The molecule has 26 heavy (non-hydrogen) atoms. The fraction of sp³-hybridized carbons (Fsp3) is 0.0909. The van der Waals surface area contributed by atoms with Gasteiger partial charge in [-0.2, -0.15) is 10.2 Å². The molecule has 2 aromatic heterocycles. The highest BCUT2D eigenvalue weighted by atomic mass is 15.3. The first kappa shape index (κ1) is 14.9. The predicted octanol–water partition coefficient (Wildman–Crippen LogP) is 4.48. The Kier molecular flexibility index (Phi) is 3.53. The number of hydrogen-bond donors (Lipinski definition) is 0. The number of hydrogen-bond acceptors (Lipinski definition) is 2. The van der Waals surface area contributed by atoms with E-state index in [0.29, 0.717) is 0 Å². The Hall–Kier alpha value is -3.40. The first-order valence-corrected chi connectivity index (χ1v) is 8.76. The molecule has 0 saturated heterocycles. The minimum Gasteiger partial charge on any atom is -0.268 e. The third-order valence-corrected chi connectivity index (χ3v) is 4.91. The monoisotopic (exact) mass is 338 g/mol. The smallest absolute Gasteiger partial charge is 0.0671 e. The first-order valence-electron chi connectivity index (χ1n) is 8.76. The largest absolute Gasteiger partial charge is 0.268 e. The van der Waals surface area contributed by atoms with Gasteiger partial charge in [-0.05, 0) is 44.8 Å². The SMILES string of the molecule is c1ccc2c(Cn3cccn3)c3ccccc3c(Cn3cccn3)c2c1. The highest BCUT2D eigenvalue weighted by molar-refractivity contribution is 6.05. The molecule has 0 amide bonds. The number of aromatic nitrogens is 4. The molecule has 4 nitrogen and oxygen atoms in total. The molecule has 0 aliphatic carbocycles. The molecule has 0 aliphatic rings. The van der Waals surface area contributed by atoms with Crippen LogP contribution in [0.2, 0.25) is 0 Å². The van der Waals surface area contributed by atoms with Gasteiger partial charge >= 0.3 is 0 Å². The second kappa shape index (κ2) is 6.15. The summed E-state index contributed by atoms with van der Waals surface area (Å²) in [5, 5.41) is 13.9. The zero-order valence-corrected chi connectivity index (χ0v) is 14.3. The second-order valence-corrected chi connectivity index (χ2v) is 6.46. The van der Waals surface area contributed by atoms with Crippen LogP contribution in [0.25, 0.3) is 21.5 Å². The standard InChI is InChI=1S/C22H18N4/c1-2-8-18-17(7-1)21(15-25-13-5-11-23-25)19-9-3-4-10-20(19)22(18)16-26-14-6-12-24-26/h1-14H,15-16H2. The van der Waals surface area contributed by atoms with E-state index in [4.69, 9.17) is 0 Å².